The van der Waals surface area contributed by atoms with Crippen molar-refractivity contribution in [3.63, 3.8) is 0 Å². The lowest BCUT2D eigenvalue weighted by Crippen LogP contribution is -2.14. The lowest BCUT2D eigenvalue weighted by Gasteiger charge is -2.19. The van der Waals surface area contributed by atoms with Crippen molar-refractivity contribution in [2.75, 3.05) is 12.4 Å². The Bertz CT molecular complexity index is 1290. The van der Waals surface area contributed by atoms with Crippen molar-refractivity contribution in [3.05, 3.63) is 52.6 Å². The van der Waals surface area contributed by atoms with E-state index < -0.39 is 29.3 Å². The van der Waals surface area contributed by atoms with Crippen LogP contribution < -0.4 is 10.1 Å². The second-order valence-electron chi connectivity index (χ2n) is 7.54. The normalized spacial score (nSPS) is 15.1. The summed E-state index contributed by atoms with van der Waals surface area (Å²) in [6.07, 6.45) is -1.66. The topological polar surface area (TPSA) is 108 Å². The van der Waals surface area contributed by atoms with Gasteiger partial charge in [-0.05, 0) is 25.8 Å². The molecule has 1 aromatic carbocycles. The average Bonchev–Trinajstić information content (AvgIpc) is 3.59. The van der Waals surface area contributed by atoms with Gasteiger partial charge in [-0.15, -0.1) is 0 Å². The van der Waals surface area contributed by atoms with E-state index in [2.05, 4.69) is 26.3 Å². The van der Waals surface area contributed by atoms with Crippen molar-refractivity contribution in [2.45, 2.75) is 37.6 Å². The molecule has 1 aliphatic carbocycles. The second-order valence-corrected chi connectivity index (χ2v) is 7.54. The van der Waals surface area contributed by atoms with Crippen molar-refractivity contribution < 1.29 is 17.9 Å². The van der Waals surface area contributed by atoms with Crippen molar-refractivity contribution >= 4 is 16.9 Å². The summed E-state index contributed by atoms with van der Waals surface area (Å²) in [5.41, 5.74) is -0.668. The Balaban J connectivity index is 1.83. The molecule has 10 heteroatoms. The smallest absolute Gasteiger partial charge is 0.266 e. The van der Waals surface area contributed by atoms with Crippen LogP contribution in [0.1, 0.15) is 54.7 Å². The summed E-state index contributed by atoms with van der Waals surface area (Å²) in [6.45, 7) is 1.59. The van der Waals surface area contributed by atoms with Crippen LogP contribution in [0.25, 0.3) is 11.0 Å². The van der Waals surface area contributed by atoms with Crippen LogP contribution in [0.15, 0.2) is 24.3 Å². The van der Waals surface area contributed by atoms with Gasteiger partial charge in [0.15, 0.2) is 5.65 Å². The first-order chi connectivity index (χ1) is 15.3. The van der Waals surface area contributed by atoms with Crippen LogP contribution in [0, 0.1) is 28.5 Å². The van der Waals surface area contributed by atoms with E-state index in [0.29, 0.717) is 23.8 Å². The predicted molar refractivity (Wildman–Crippen MR) is 109 cm³/mol. The highest BCUT2D eigenvalue weighted by atomic mass is 19.3. The Morgan fingerprint density at radius 1 is 1.16 bits per heavy atom. The fraction of sp³-hybridized carbons (Fsp3) is 0.318. The van der Waals surface area contributed by atoms with Crippen LogP contribution in [0.2, 0.25) is 0 Å². The number of alkyl halides is 2. The maximum Gasteiger partial charge on any atom is 0.266 e. The second kappa shape index (κ2) is 7.97. The molecule has 32 heavy (non-hydrogen) atoms. The largest absolute Gasteiger partial charge is 0.481 e. The molecular formula is C22H17F3N6O. The minimum atomic E-state index is -2.95. The van der Waals surface area contributed by atoms with Gasteiger partial charge in [0, 0.05) is 11.1 Å². The number of fused-ring (bicyclic) bond motifs is 1. The average molecular weight is 438 g/mol. The molecular weight excluding hydrogens is 421 g/mol. The number of hydrogen-bond donors (Lipinski definition) is 1. The quantitative estimate of drug-likeness (QED) is 0.594. The number of nitrogens with one attached hydrogen (secondary N) is 1. The molecule has 2 aromatic heterocycles. The third kappa shape index (κ3) is 3.54. The molecule has 1 saturated carbocycles. The zero-order chi connectivity index (χ0) is 23.0. The summed E-state index contributed by atoms with van der Waals surface area (Å²) in [6, 6.07) is 8.82. The molecule has 0 unspecified atom stereocenters. The first-order valence-electron chi connectivity index (χ1n) is 9.75. The number of pyridine rings is 1. The fourth-order valence-corrected chi connectivity index (χ4v) is 3.62. The van der Waals surface area contributed by atoms with Gasteiger partial charge in [0.25, 0.3) is 6.43 Å². The molecule has 1 N–H and O–H groups in total. The summed E-state index contributed by atoms with van der Waals surface area (Å²) in [7, 11) is 1.43. The number of anilines is 1. The Kier molecular flexibility index (Phi) is 5.31. The highest BCUT2D eigenvalue weighted by molar-refractivity contribution is 5.88. The molecule has 0 aliphatic heterocycles. The Morgan fingerprint density at radius 3 is 2.47 bits per heavy atom. The zero-order valence-electron chi connectivity index (χ0n) is 17.2. The highest BCUT2D eigenvalue weighted by Crippen LogP contribution is 2.51. The Labute approximate surface area is 181 Å². The lowest BCUT2D eigenvalue weighted by molar-refractivity contribution is 0.146. The number of nitriles is 2. The highest BCUT2D eigenvalue weighted by Gasteiger charge is 2.47. The molecule has 1 fully saturated rings. The number of rotatable bonds is 6. The maximum atomic E-state index is 14.6. The summed E-state index contributed by atoms with van der Waals surface area (Å²) in [4.78, 5) is 12.7. The molecule has 0 saturated heterocycles. The zero-order valence-corrected chi connectivity index (χ0v) is 17.2. The van der Waals surface area contributed by atoms with Gasteiger partial charge in [0.05, 0.1) is 35.6 Å². The number of ether oxygens (including phenoxy) is 1. The van der Waals surface area contributed by atoms with E-state index in [1.807, 2.05) is 6.07 Å². The number of hydrogen-bond acceptors (Lipinski definition) is 7. The van der Waals surface area contributed by atoms with E-state index in [0.717, 1.165) is 6.07 Å². The summed E-state index contributed by atoms with van der Waals surface area (Å²) in [5, 5.41) is 22.3. The SMILES string of the molecule is COc1nc2nc(C#N)nc(N[C@H](C)c3cccc(C(F)F)c3F)c2cc1C1(C#N)CC1. The van der Waals surface area contributed by atoms with Gasteiger partial charge in [0.2, 0.25) is 11.7 Å². The monoisotopic (exact) mass is 438 g/mol. The van der Waals surface area contributed by atoms with Crippen molar-refractivity contribution in [3.8, 4) is 18.0 Å². The van der Waals surface area contributed by atoms with Crippen LogP contribution >= 0.6 is 0 Å². The molecule has 162 valence electrons. The number of methoxy groups -OCH3 is 1. The van der Waals surface area contributed by atoms with Crippen molar-refractivity contribution in [1.29, 1.82) is 10.5 Å². The lowest BCUT2D eigenvalue weighted by atomic mass is 9.97. The van der Waals surface area contributed by atoms with Crippen LogP contribution in [-0.4, -0.2) is 22.1 Å². The number of halogens is 3. The summed E-state index contributed by atoms with van der Waals surface area (Å²) < 4.78 is 46.2. The summed E-state index contributed by atoms with van der Waals surface area (Å²) >= 11 is 0. The minimum absolute atomic E-state index is 0.0189. The molecule has 0 spiro atoms. The number of aromatic nitrogens is 3. The third-order valence-corrected chi connectivity index (χ3v) is 5.54. The van der Waals surface area contributed by atoms with Gasteiger partial charge in [-0.25, -0.2) is 18.2 Å². The van der Waals surface area contributed by atoms with E-state index in [-0.39, 0.29) is 28.7 Å². The van der Waals surface area contributed by atoms with E-state index in [1.165, 1.54) is 19.2 Å². The minimum Gasteiger partial charge on any atom is -0.481 e. The molecule has 7 nitrogen and oxygen atoms in total. The number of nitrogens with zero attached hydrogens (tertiary/aromatic N) is 5. The fourth-order valence-electron chi connectivity index (χ4n) is 3.62. The third-order valence-electron chi connectivity index (χ3n) is 5.54. The van der Waals surface area contributed by atoms with Gasteiger partial charge >= 0.3 is 0 Å². The molecule has 3 aromatic rings. The van der Waals surface area contributed by atoms with E-state index in [9.17, 15) is 23.7 Å². The Hall–Kier alpha value is -3.92. The van der Waals surface area contributed by atoms with Crippen LogP contribution in [0.5, 0.6) is 5.88 Å². The van der Waals surface area contributed by atoms with Crippen LogP contribution in [-0.2, 0) is 5.41 Å². The van der Waals surface area contributed by atoms with Gasteiger partial charge < -0.3 is 10.1 Å². The Morgan fingerprint density at radius 2 is 1.88 bits per heavy atom. The molecule has 2 heterocycles. The molecule has 0 bridgehead atoms. The van der Waals surface area contributed by atoms with Gasteiger partial charge in [-0.3, -0.25) is 0 Å². The van der Waals surface area contributed by atoms with Gasteiger partial charge in [-0.2, -0.15) is 20.5 Å². The van der Waals surface area contributed by atoms with E-state index in [4.69, 9.17) is 4.74 Å². The van der Waals surface area contributed by atoms with E-state index >= 15 is 0 Å². The van der Waals surface area contributed by atoms with E-state index in [1.54, 1.807) is 13.0 Å². The first kappa shape index (κ1) is 21.3. The standard InChI is InChI=1S/C22H17F3N6O/c1-11(12-4-3-5-13(17(12)23)18(24)25)28-19-14-8-15(22(10-27)6-7-22)21(32-2)31-20(14)30-16(9-26)29-19/h3-5,8,11,18H,6-7H2,1-2H3,(H,28,29,30,31)/t11-/m1/s1. The van der Waals surface area contributed by atoms with Crippen molar-refractivity contribution in [2.24, 2.45) is 0 Å². The molecule has 0 amide bonds. The molecule has 1 atom stereocenters. The molecule has 0 radical (unpaired) electrons. The van der Waals surface area contributed by atoms with Gasteiger partial charge in [-0.1, -0.05) is 18.2 Å². The van der Waals surface area contributed by atoms with Crippen molar-refractivity contribution in [1.82, 2.24) is 15.0 Å². The summed E-state index contributed by atoms with van der Waals surface area (Å²) in [5.74, 6) is -0.791. The van der Waals surface area contributed by atoms with Crippen LogP contribution in [0.3, 0.4) is 0 Å². The molecule has 4 rings (SSSR count). The number of benzene rings is 1. The predicted octanol–water partition coefficient (Wildman–Crippen LogP) is 4.71. The molecule has 1 aliphatic rings. The first-order valence-corrected chi connectivity index (χ1v) is 9.75. The van der Waals surface area contributed by atoms with Crippen LogP contribution in [0.4, 0.5) is 19.0 Å². The maximum absolute atomic E-state index is 14.6. The van der Waals surface area contributed by atoms with Gasteiger partial charge in [0.1, 0.15) is 17.7 Å².